The quantitative estimate of drug-likeness (QED) is 0.567. The van der Waals surface area contributed by atoms with Crippen LogP contribution in [0, 0.1) is 0 Å². The number of hydrogen-bond acceptors (Lipinski definition) is 4. The monoisotopic (exact) mass is 282 g/mol. The number of ether oxygens (including phenoxy) is 1. The number of fused-ring (bicyclic) bond motifs is 1. The molecular weight excluding hydrogens is 256 g/mol. The number of thiophene rings is 1. The molecule has 0 spiro atoms. The predicted octanol–water partition coefficient (Wildman–Crippen LogP) is 2.34. The Morgan fingerprint density at radius 3 is 2.84 bits per heavy atom. The predicted molar refractivity (Wildman–Crippen MR) is 82.0 cm³/mol. The van der Waals surface area contributed by atoms with Crippen molar-refractivity contribution in [1.29, 1.82) is 0 Å². The van der Waals surface area contributed by atoms with Gasteiger partial charge in [0.25, 0.3) is 0 Å². The van der Waals surface area contributed by atoms with Gasteiger partial charge in [-0.1, -0.05) is 6.42 Å². The lowest BCUT2D eigenvalue weighted by atomic mass is 10.1. The maximum atomic E-state index is 4.99. The van der Waals surface area contributed by atoms with Crippen LogP contribution in [-0.4, -0.2) is 33.4 Å². The van der Waals surface area contributed by atoms with Crippen LogP contribution in [0.1, 0.15) is 34.6 Å². The molecule has 3 nitrogen and oxygen atoms in total. The van der Waals surface area contributed by atoms with Crippen LogP contribution in [0.15, 0.2) is 6.07 Å². The highest BCUT2D eigenvalue weighted by Gasteiger charge is 2.11. The summed E-state index contributed by atoms with van der Waals surface area (Å²) < 4.78 is 4.99. The Morgan fingerprint density at radius 1 is 1.11 bits per heavy atom. The molecule has 2 rings (SSSR count). The summed E-state index contributed by atoms with van der Waals surface area (Å²) in [6.07, 6.45) is 6.76. The van der Waals surface area contributed by atoms with E-state index in [0.717, 1.165) is 32.8 Å². The van der Waals surface area contributed by atoms with E-state index in [1.54, 1.807) is 17.6 Å². The summed E-state index contributed by atoms with van der Waals surface area (Å²) in [6.45, 7) is 4.77. The SMILES string of the molecule is COCCNCCNCc1cc2c(s1)CCCCC2. The van der Waals surface area contributed by atoms with Crippen molar-refractivity contribution in [3.63, 3.8) is 0 Å². The third-order valence-electron chi connectivity index (χ3n) is 3.56. The van der Waals surface area contributed by atoms with Gasteiger partial charge in [0.05, 0.1) is 6.61 Å². The molecule has 0 radical (unpaired) electrons. The molecule has 108 valence electrons. The third-order valence-corrected chi connectivity index (χ3v) is 4.80. The molecule has 0 saturated carbocycles. The molecule has 1 aliphatic carbocycles. The molecule has 0 saturated heterocycles. The maximum absolute atomic E-state index is 4.99. The molecule has 1 aliphatic rings. The molecule has 0 atom stereocenters. The average molecular weight is 282 g/mol. The zero-order valence-electron chi connectivity index (χ0n) is 12.0. The van der Waals surface area contributed by atoms with Crippen molar-refractivity contribution < 1.29 is 4.74 Å². The first-order valence-corrected chi connectivity index (χ1v) is 8.22. The molecule has 0 amide bonds. The number of hydrogen-bond donors (Lipinski definition) is 2. The van der Waals surface area contributed by atoms with Gasteiger partial charge in [-0.25, -0.2) is 0 Å². The van der Waals surface area contributed by atoms with Crippen molar-refractivity contribution in [2.24, 2.45) is 0 Å². The molecule has 1 heterocycles. The van der Waals surface area contributed by atoms with Crippen LogP contribution in [0.25, 0.3) is 0 Å². The normalized spacial score (nSPS) is 15.2. The van der Waals surface area contributed by atoms with Crippen molar-refractivity contribution in [3.05, 3.63) is 21.4 Å². The van der Waals surface area contributed by atoms with Crippen LogP contribution in [0.4, 0.5) is 0 Å². The van der Waals surface area contributed by atoms with Gasteiger partial charge in [0.15, 0.2) is 0 Å². The highest BCUT2D eigenvalue weighted by Crippen LogP contribution is 2.28. The summed E-state index contributed by atoms with van der Waals surface area (Å²) in [5, 5.41) is 6.86. The second-order valence-electron chi connectivity index (χ2n) is 5.14. The van der Waals surface area contributed by atoms with Crippen LogP contribution in [-0.2, 0) is 24.1 Å². The van der Waals surface area contributed by atoms with Gasteiger partial charge in [-0.15, -0.1) is 11.3 Å². The van der Waals surface area contributed by atoms with Gasteiger partial charge in [0.2, 0.25) is 0 Å². The molecular formula is C15H26N2OS. The van der Waals surface area contributed by atoms with E-state index in [1.165, 1.54) is 37.0 Å². The molecule has 19 heavy (non-hydrogen) atoms. The van der Waals surface area contributed by atoms with E-state index in [1.807, 2.05) is 11.3 Å². The molecule has 0 fully saturated rings. The summed E-state index contributed by atoms with van der Waals surface area (Å²) in [5.74, 6) is 0. The lowest BCUT2D eigenvalue weighted by Gasteiger charge is -2.05. The van der Waals surface area contributed by atoms with Crippen LogP contribution in [0.5, 0.6) is 0 Å². The summed E-state index contributed by atoms with van der Waals surface area (Å²) in [6, 6.07) is 2.43. The van der Waals surface area contributed by atoms with Gasteiger partial charge in [0.1, 0.15) is 0 Å². The van der Waals surface area contributed by atoms with Crippen molar-refractivity contribution >= 4 is 11.3 Å². The molecule has 1 aromatic rings. The van der Waals surface area contributed by atoms with E-state index in [0.29, 0.717) is 0 Å². The first-order chi connectivity index (χ1) is 9.40. The van der Waals surface area contributed by atoms with E-state index in [2.05, 4.69) is 16.7 Å². The van der Waals surface area contributed by atoms with Gasteiger partial charge < -0.3 is 15.4 Å². The smallest absolute Gasteiger partial charge is 0.0587 e. The second kappa shape index (κ2) is 8.69. The number of nitrogens with one attached hydrogen (secondary N) is 2. The lowest BCUT2D eigenvalue weighted by molar-refractivity contribution is 0.199. The Hall–Kier alpha value is -0.420. The fraction of sp³-hybridized carbons (Fsp3) is 0.733. The minimum absolute atomic E-state index is 0.789. The van der Waals surface area contributed by atoms with Gasteiger partial charge in [-0.05, 0) is 37.3 Å². The van der Waals surface area contributed by atoms with Crippen molar-refractivity contribution in [1.82, 2.24) is 10.6 Å². The van der Waals surface area contributed by atoms with E-state index in [9.17, 15) is 0 Å². The number of aryl methyl sites for hydroxylation is 2. The van der Waals surface area contributed by atoms with Crippen molar-refractivity contribution in [3.8, 4) is 0 Å². The van der Waals surface area contributed by atoms with Gasteiger partial charge in [-0.3, -0.25) is 0 Å². The Bertz CT molecular complexity index is 342. The van der Waals surface area contributed by atoms with Crippen LogP contribution in [0.3, 0.4) is 0 Å². The van der Waals surface area contributed by atoms with E-state index in [4.69, 9.17) is 4.74 Å². The second-order valence-corrected chi connectivity index (χ2v) is 6.36. The minimum Gasteiger partial charge on any atom is -0.383 e. The zero-order valence-corrected chi connectivity index (χ0v) is 12.8. The summed E-state index contributed by atoms with van der Waals surface area (Å²) in [5.41, 5.74) is 1.62. The van der Waals surface area contributed by atoms with Gasteiger partial charge in [-0.2, -0.15) is 0 Å². The molecule has 0 bridgehead atoms. The lowest BCUT2D eigenvalue weighted by Crippen LogP contribution is -2.28. The Morgan fingerprint density at radius 2 is 1.95 bits per heavy atom. The fourth-order valence-corrected chi connectivity index (χ4v) is 3.73. The van der Waals surface area contributed by atoms with Gasteiger partial charge in [0, 0.05) is 43.0 Å². The fourth-order valence-electron chi connectivity index (χ4n) is 2.50. The van der Waals surface area contributed by atoms with E-state index < -0.39 is 0 Å². The first kappa shape index (κ1) is 15.0. The molecule has 0 aliphatic heterocycles. The van der Waals surface area contributed by atoms with E-state index >= 15 is 0 Å². The zero-order chi connectivity index (χ0) is 13.3. The molecule has 0 aromatic carbocycles. The van der Waals surface area contributed by atoms with E-state index in [-0.39, 0.29) is 0 Å². The first-order valence-electron chi connectivity index (χ1n) is 7.41. The maximum Gasteiger partial charge on any atom is 0.0587 e. The Balaban J connectivity index is 1.63. The summed E-state index contributed by atoms with van der Waals surface area (Å²) >= 11 is 2.02. The topological polar surface area (TPSA) is 33.3 Å². The largest absolute Gasteiger partial charge is 0.383 e. The average Bonchev–Trinajstić information content (AvgIpc) is 2.67. The number of rotatable bonds is 8. The highest BCUT2D eigenvalue weighted by atomic mass is 32.1. The van der Waals surface area contributed by atoms with Crippen molar-refractivity contribution in [2.75, 3.05) is 33.4 Å². The molecule has 0 unspecified atom stereocenters. The standard InChI is InChI=1S/C15H26N2OS/c1-18-10-9-16-7-8-17-12-14-11-13-5-3-2-4-6-15(13)19-14/h11,16-17H,2-10,12H2,1H3. The van der Waals surface area contributed by atoms with Gasteiger partial charge >= 0.3 is 0 Å². The van der Waals surface area contributed by atoms with Crippen LogP contribution >= 0.6 is 11.3 Å². The Labute approximate surface area is 120 Å². The molecule has 1 aromatic heterocycles. The van der Waals surface area contributed by atoms with Crippen molar-refractivity contribution in [2.45, 2.75) is 38.6 Å². The molecule has 4 heteroatoms. The molecule has 2 N–H and O–H groups in total. The minimum atomic E-state index is 0.789. The van der Waals surface area contributed by atoms with Crippen LogP contribution < -0.4 is 10.6 Å². The Kier molecular flexibility index (Phi) is 6.85. The summed E-state index contributed by atoms with van der Waals surface area (Å²) in [7, 11) is 1.74. The van der Waals surface area contributed by atoms with Crippen LogP contribution in [0.2, 0.25) is 0 Å². The third kappa shape index (κ3) is 5.22. The summed E-state index contributed by atoms with van der Waals surface area (Å²) in [4.78, 5) is 3.15. The number of methoxy groups -OCH3 is 1. The highest BCUT2D eigenvalue weighted by molar-refractivity contribution is 7.12.